The van der Waals surface area contributed by atoms with Crippen molar-refractivity contribution in [3.8, 4) is 5.75 Å². The van der Waals surface area contributed by atoms with Crippen LogP contribution < -0.4 is 9.64 Å². The minimum atomic E-state index is -0.479. The van der Waals surface area contributed by atoms with Crippen molar-refractivity contribution < 1.29 is 9.53 Å². The fourth-order valence-corrected chi connectivity index (χ4v) is 6.34. The number of nitrogens with zero attached hydrogens (tertiary/aromatic N) is 2. The van der Waals surface area contributed by atoms with Crippen LogP contribution in [-0.2, 0) is 10.2 Å². The highest BCUT2D eigenvalue weighted by molar-refractivity contribution is 9.10. The monoisotopic (exact) mass is 490 g/mol. The summed E-state index contributed by atoms with van der Waals surface area (Å²) in [7, 11) is 4.32. The quantitative estimate of drug-likeness (QED) is 0.354. The third-order valence-corrected chi connectivity index (χ3v) is 7.67. The molecule has 0 unspecified atom stereocenters. The molecule has 2 atom stereocenters. The van der Waals surface area contributed by atoms with E-state index in [9.17, 15) is 4.79 Å². The lowest BCUT2D eigenvalue weighted by molar-refractivity contribution is -0.135. The van der Waals surface area contributed by atoms with Crippen molar-refractivity contribution in [1.82, 2.24) is 4.90 Å². The van der Waals surface area contributed by atoms with E-state index in [1.165, 1.54) is 11.3 Å². The van der Waals surface area contributed by atoms with Gasteiger partial charge in [-0.15, -0.1) is 0 Å². The lowest BCUT2D eigenvalue weighted by Crippen LogP contribution is -2.45. The Morgan fingerprint density at radius 3 is 2.22 bits per heavy atom. The van der Waals surface area contributed by atoms with Gasteiger partial charge < -0.3 is 9.64 Å². The maximum Gasteiger partial charge on any atom is 0.323 e. The average molecular weight is 491 g/mol. The Hall–Kier alpha value is -2.63. The molecule has 0 N–H and O–H groups in total. The van der Waals surface area contributed by atoms with Crippen molar-refractivity contribution in [2.75, 3.05) is 25.5 Å². The van der Waals surface area contributed by atoms with E-state index in [2.05, 4.69) is 52.8 Å². The maximum atomic E-state index is 13.5. The molecule has 32 heavy (non-hydrogen) atoms. The number of esters is 1. The first kappa shape index (κ1) is 21.2. The summed E-state index contributed by atoms with van der Waals surface area (Å²) in [5, 5.41) is 0. The normalized spacial score (nSPS) is 22.2. The van der Waals surface area contributed by atoms with Crippen molar-refractivity contribution in [2.45, 2.75) is 30.8 Å². The van der Waals surface area contributed by atoms with Crippen molar-refractivity contribution in [2.24, 2.45) is 0 Å². The molecule has 1 fully saturated rings. The van der Waals surface area contributed by atoms with Crippen LogP contribution in [0.5, 0.6) is 5.75 Å². The highest BCUT2D eigenvalue weighted by Gasteiger charge is 2.53. The van der Waals surface area contributed by atoms with Crippen LogP contribution in [0.15, 0.2) is 77.3 Å². The zero-order valence-corrected chi connectivity index (χ0v) is 20.2. The number of likely N-dealkylation sites (tertiary alicyclic amines) is 1. The summed E-state index contributed by atoms with van der Waals surface area (Å²) in [5.41, 5.74) is 4.28. The highest BCUT2D eigenvalue weighted by Crippen LogP contribution is 2.54. The molecule has 5 rings (SSSR count). The van der Waals surface area contributed by atoms with Crippen LogP contribution in [0.25, 0.3) is 0 Å². The minimum absolute atomic E-state index is 0.00202. The van der Waals surface area contributed by atoms with E-state index in [0.717, 1.165) is 28.6 Å². The van der Waals surface area contributed by atoms with Gasteiger partial charge in [-0.1, -0.05) is 67.6 Å². The van der Waals surface area contributed by atoms with E-state index in [0.29, 0.717) is 11.9 Å². The standard InChI is InChI=1S/C27H27BrN2O2/c1-27-14-15-29(2)26(27)30(3)24-21(27)16-20(17-22(24)28)32-25(31)23(18-10-6-4-7-11-18)19-12-8-5-9-13-19/h4-13,16-17,23,26H,14-15H2,1-3H3/t26-,27+/m1/s1. The second kappa shape index (κ2) is 8.05. The first-order valence-corrected chi connectivity index (χ1v) is 11.8. The van der Waals surface area contributed by atoms with Crippen LogP contribution in [-0.4, -0.2) is 37.7 Å². The van der Waals surface area contributed by atoms with Crippen LogP contribution in [0, 0.1) is 0 Å². The molecule has 0 spiro atoms. The molecule has 4 nitrogen and oxygen atoms in total. The molecular weight excluding hydrogens is 464 g/mol. The fourth-order valence-electron chi connectivity index (χ4n) is 5.62. The topological polar surface area (TPSA) is 32.8 Å². The zero-order chi connectivity index (χ0) is 22.5. The summed E-state index contributed by atoms with van der Waals surface area (Å²) in [6.07, 6.45) is 1.38. The molecule has 2 aliphatic heterocycles. The number of benzene rings is 3. The van der Waals surface area contributed by atoms with Crippen molar-refractivity contribution in [3.63, 3.8) is 0 Å². The molecule has 0 saturated carbocycles. The molecule has 0 aromatic heterocycles. The van der Waals surface area contributed by atoms with Gasteiger partial charge in [-0.3, -0.25) is 9.69 Å². The highest BCUT2D eigenvalue weighted by atomic mass is 79.9. The van der Waals surface area contributed by atoms with Crippen LogP contribution in [0.4, 0.5) is 5.69 Å². The maximum absolute atomic E-state index is 13.5. The van der Waals surface area contributed by atoms with Crippen LogP contribution >= 0.6 is 15.9 Å². The predicted octanol–water partition coefficient (Wildman–Crippen LogP) is 5.56. The summed E-state index contributed by atoms with van der Waals surface area (Å²) in [6, 6.07) is 23.6. The SMILES string of the molecule is CN1CC[C@@]2(C)c3cc(OC(=O)C(c4ccccc4)c4ccccc4)cc(Br)c3N(C)[C@@H]12. The molecule has 0 amide bonds. The van der Waals surface area contributed by atoms with E-state index < -0.39 is 5.92 Å². The van der Waals surface area contributed by atoms with Crippen molar-refractivity contribution >= 4 is 27.6 Å². The molecule has 5 heteroatoms. The lowest BCUT2D eigenvalue weighted by atomic mass is 9.81. The third kappa shape index (κ3) is 3.35. The number of carbonyl (C=O) groups is 1. The first-order chi connectivity index (χ1) is 15.4. The summed E-state index contributed by atoms with van der Waals surface area (Å²) in [5.74, 6) is -0.166. The number of rotatable bonds is 4. The average Bonchev–Trinajstić information content (AvgIpc) is 3.21. The van der Waals surface area contributed by atoms with Crippen LogP contribution in [0.1, 0.15) is 36.0 Å². The van der Waals surface area contributed by atoms with Gasteiger partial charge in [0.15, 0.2) is 0 Å². The summed E-state index contributed by atoms with van der Waals surface area (Å²) in [4.78, 5) is 18.2. The lowest BCUT2D eigenvalue weighted by Gasteiger charge is -2.32. The van der Waals surface area contributed by atoms with E-state index >= 15 is 0 Å². The van der Waals surface area contributed by atoms with Gasteiger partial charge in [0.2, 0.25) is 0 Å². The number of carbonyl (C=O) groups excluding carboxylic acids is 1. The Morgan fingerprint density at radius 1 is 1.03 bits per heavy atom. The molecule has 1 saturated heterocycles. The molecule has 0 radical (unpaired) electrons. The second-order valence-corrected chi connectivity index (χ2v) is 9.96. The first-order valence-electron chi connectivity index (χ1n) is 11.0. The van der Waals surface area contributed by atoms with Crippen LogP contribution in [0.2, 0.25) is 0 Å². The van der Waals surface area contributed by atoms with E-state index in [-0.39, 0.29) is 11.4 Å². The van der Waals surface area contributed by atoms with Gasteiger partial charge in [-0.25, -0.2) is 0 Å². The Labute approximate surface area is 197 Å². The second-order valence-electron chi connectivity index (χ2n) is 9.11. The number of anilines is 1. The van der Waals surface area contributed by atoms with E-state index in [1.54, 1.807) is 0 Å². The largest absolute Gasteiger partial charge is 0.426 e. The summed E-state index contributed by atoms with van der Waals surface area (Å²) >= 11 is 3.76. The van der Waals surface area contributed by atoms with E-state index in [1.807, 2.05) is 66.7 Å². The number of halogens is 1. The fraction of sp³-hybridized carbons (Fsp3) is 0.296. The summed E-state index contributed by atoms with van der Waals surface area (Å²) in [6.45, 7) is 3.37. The van der Waals surface area contributed by atoms with Crippen LogP contribution in [0.3, 0.4) is 0 Å². The molecular formula is C27H27BrN2O2. The van der Waals surface area contributed by atoms with Gasteiger partial charge in [0.1, 0.15) is 11.7 Å². The molecule has 0 aliphatic carbocycles. The van der Waals surface area contributed by atoms with E-state index in [4.69, 9.17) is 4.74 Å². The van der Waals surface area contributed by atoms with Gasteiger partial charge in [0, 0.05) is 23.5 Å². The molecule has 3 aromatic rings. The smallest absolute Gasteiger partial charge is 0.323 e. The van der Waals surface area contributed by atoms with Gasteiger partial charge in [0.25, 0.3) is 0 Å². The molecule has 2 aliphatic rings. The van der Waals surface area contributed by atoms with Gasteiger partial charge >= 0.3 is 5.97 Å². The Morgan fingerprint density at radius 2 is 1.62 bits per heavy atom. The third-order valence-electron chi connectivity index (χ3n) is 7.06. The Balaban J connectivity index is 1.51. The zero-order valence-electron chi connectivity index (χ0n) is 18.6. The number of likely N-dealkylation sites (N-methyl/N-ethyl adjacent to an activating group) is 2. The molecule has 2 heterocycles. The number of ether oxygens (including phenoxy) is 1. The molecule has 164 valence electrons. The summed E-state index contributed by atoms with van der Waals surface area (Å²) < 4.78 is 7.00. The number of fused-ring (bicyclic) bond motifs is 3. The molecule has 0 bridgehead atoms. The molecule has 3 aromatic carbocycles. The predicted molar refractivity (Wildman–Crippen MR) is 131 cm³/mol. The Bertz CT molecular complexity index is 1110. The number of hydrogen-bond donors (Lipinski definition) is 0. The van der Waals surface area contributed by atoms with Crippen molar-refractivity contribution in [1.29, 1.82) is 0 Å². The van der Waals surface area contributed by atoms with Gasteiger partial charge in [-0.2, -0.15) is 0 Å². The Kier molecular flexibility index (Phi) is 5.34. The van der Waals surface area contributed by atoms with Crippen molar-refractivity contribution in [3.05, 3.63) is 94.0 Å². The van der Waals surface area contributed by atoms with Gasteiger partial charge in [0.05, 0.1) is 11.9 Å². The minimum Gasteiger partial charge on any atom is -0.426 e. The van der Waals surface area contributed by atoms with Gasteiger partial charge in [-0.05, 0) is 58.2 Å². The number of hydrogen-bond acceptors (Lipinski definition) is 4.